The highest BCUT2D eigenvalue weighted by Crippen LogP contribution is 2.20. The first kappa shape index (κ1) is 11.6. The SMILES string of the molecule is COc1ccccc1C(=O)Nc1nc(C)cs1. The average Bonchev–Trinajstić information content (AvgIpc) is 2.74. The number of hydrogen-bond donors (Lipinski definition) is 1. The Morgan fingerprint density at radius 1 is 1.41 bits per heavy atom. The zero-order valence-corrected chi connectivity index (χ0v) is 10.4. The fraction of sp³-hybridized carbons (Fsp3) is 0.167. The van der Waals surface area contributed by atoms with Crippen LogP contribution in [0.15, 0.2) is 29.6 Å². The molecular weight excluding hydrogens is 236 g/mol. The van der Waals surface area contributed by atoms with Crippen molar-refractivity contribution in [1.82, 2.24) is 4.98 Å². The molecule has 88 valence electrons. The van der Waals surface area contributed by atoms with Crippen LogP contribution >= 0.6 is 11.3 Å². The third-order valence-corrected chi connectivity index (χ3v) is 3.07. The predicted octanol–water partition coefficient (Wildman–Crippen LogP) is 2.71. The molecule has 0 aliphatic carbocycles. The van der Waals surface area contributed by atoms with Crippen molar-refractivity contribution in [3.8, 4) is 5.75 Å². The number of nitrogens with zero attached hydrogens (tertiary/aromatic N) is 1. The van der Waals surface area contributed by atoms with Crippen molar-refractivity contribution in [2.45, 2.75) is 6.92 Å². The summed E-state index contributed by atoms with van der Waals surface area (Å²) in [6, 6.07) is 7.09. The Bertz CT molecular complexity index is 537. The van der Waals surface area contributed by atoms with Gasteiger partial charge in [-0.3, -0.25) is 10.1 Å². The number of aryl methyl sites for hydroxylation is 1. The molecule has 0 aliphatic heterocycles. The monoisotopic (exact) mass is 248 g/mol. The Labute approximate surface area is 103 Å². The minimum Gasteiger partial charge on any atom is -0.496 e. The minimum atomic E-state index is -0.211. The zero-order valence-electron chi connectivity index (χ0n) is 9.56. The largest absolute Gasteiger partial charge is 0.496 e. The van der Waals surface area contributed by atoms with Crippen molar-refractivity contribution in [2.75, 3.05) is 12.4 Å². The normalized spacial score (nSPS) is 10.0. The van der Waals surface area contributed by atoms with Gasteiger partial charge in [-0.1, -0.05) is 12.1 Å². The molecule has 0 radical (unpaired) electrons. The lowest BCUT2D eigenvalue weighted by Crippen LogP contribution is -2.12. The fourth-order valence-electron chi connectivity index (χ4n) is 1.41. The molecule has 1 N–H and O–H groups in total. The van der Waals surface area contributed by atoms with Crippen molar-refractivity contribution in [1.29, 1.82) is 0 Å². The summed E-state index contributed by atoms with van der Waals surface area (Å²) in [5, 5.41) is 5.22. The van der Waals surface area contributed by atoms with Gasteiger partial charge in [0.05, 0.1) is 18.4 Å². The molecule has 2 aromatic rings. The lowest BCUT2D eigenvalue weighted by molar-refractivity contribution is 0.102. The van der Waals surface area contributed by atoms with Crippen LogP contribution in [0.5, 0.6) is 5.75 Å². The Hall–Kier alpha value is -1.88. The molecule has 0 unspecified atom stereocenters. The van der Waals surface area contributed by atoms with Gasteiger partial charge in [-0.05, 0) is 19.1 Å². The molecule has 0 aliphatic rings. The lowest BCUT2D eigenvalue weighted by atomic mass is 10.2. The van der Waals surface area contributed by atoms with E-state index in [9.17, 15) is 4.79 Å². The molecule has 0 saturated heterocycles. The van der Waals surface area contributed by atoms with E-state index in [1.165, 1.54) is 11.3 Å². The van der Waals surface area contributed by atoms with Crippen molar-refractivity contribution < 1.29 is 9.53 Å². The molecule has 1 aromatic heterocycles. The Balaban J connectivity index is 2.20. The van der Waals surface area contributed by atoms with Crippen LogP contribution in [0.3, 0.4) is 0 Å². The van der Waals surface area contributed by atoms with E-state index >= 15 is 0 Å². The molecule has 1 heterocycles. The topological polar surface area (TPSA) is 51.2 Å². The van der Waals surface area contributed by atoms with Gasteiger partial charge in [-0.15, -0.1) is 11.3 Å². The first-order valence-electron chi connectivity index (χ1n) is 5.07. The summed E-state index contributed by atoms with van der Waals surface area (Å²) in [5.41, 5.74) is 1.40. The first-order chi connectivity index (χ1) is 8.20. The number of para-hydroxylation sites is 1. The Morgan fingerprint density at radius 3 is 2.82 bits per heavy atom. The van der Waals surface area contributed by atoms with Crippen LogP contribution in [0.4, 0.5) is 5.13 Å². The molecule has 0 atom stereocenters. The van der Waals surface area contributed by atoms with E-state index in [2.05, 4.69) is 10.3 Å². The standard InChI is InChI=1S/C12H12N2O2S/c1-8-7-17-12(13-8)14-11(15)9-5-3-4-6-10(9)16-2/h3-7H,1-2H3,(H,13,14,15). The van der Waals surface area contributed by atoms with Gasteiger partial charge in [0.1, 0.15) is 5.75 Å². The van der Waals surface area contributed by atoms with Crippen molar-refractivity contribution in [3.05, 3.63) is 40.9 Å². The number of aromatic nitrogens is 1. The van der Waals surface area contributed by atoms with E-state index in [0.717, 1.165) is 5.69 Å². The van der Waals surface area contributed by atoms with Gasteiger partial charge >= 0.3 is 0 Å². The molecule has 1 aromatic carbocycles. The first-order valence-corrected chi connectivity index (χ1v) is 5.95. The maximum Gasteiger partial charge on any atom is 0.261 e. The quantitative estimate of drug-likeness (QED) is 0.908. The number of hydrogen-bond acceptors (Lipinski definition) is 4. The van der Waals surface area contributed by atoms with Gasteiger partial charge in [0.25, 0.3) is 5.91 Å². The predicted molar refractivity (Wildman–Crippen MR) is 67.8 cm³/mol. The van der Waals surface area contributed by atoms with Crippen LogP contribution in [0, 0.1) is 6.92 Å². The summed E-state index contributed by atoms with van der Waals surface area (Å²) in [7, 11) is 1.54. The summed E-state index contributed by atoms with van der Waals surface area (Å²) < 4.78 is 5.13. The number of rotatable bonds is 3. The second kappa shape index (κ2) is 4.97. The van der Waals surface area contributed by atoms with Crippen molar-refractivity contribution in [3.63, 3.8) is 0 Å². The van der Waals surface area contributed by atoms with E-state index in [1.54, 1.807) is 25.3 Å². The van der Waals surface area contributed by atoms with Gasteiger partial charge in [0.2, 0.25) is 0 Å². The third kappa shape index (κ3) is 2.62. The highest BCUT2D eigenvalue weighted by atomic mass is 32.1. The average molecular weight is 248 g/mol. The maximum absolute atomic E-state index is 12.0. The number of benzene rings is 1. The summed E-state index contributed by atoms with van der Waals surface area (Å²) in [6.45, 7) is 1.88. The fourth-order valence-corrected chi connectivity index (χ4v) is 2.09. The summed E-state index contributed by atoms with van der Waals surface area (Å²) >= 11 is 1.40. The molecular formula is C12H12N2O2S. The number of ether oxygens (including phenoxy) is 1. The smallest absolute Gasteiger partial charge is 0.261 e. The maximum atomic E-state index is 12.0. The van der Waals surface area contributed by atoms with Crippen molar-refractivity contribution in [2.24, 2.45) is 0 Å². The number of nitrogens with one attached hydrogen (secondary N) is 1. The molecule has 0 saturated carbocycles. The number of methoxy groups -OCH3 is 1. The van der Waals surface area contributed by atoms with Crippen LogP contribution < -0.4 is 10.1 Å². The second-order valence-corrected chi connectivity index (χ2v) is 4.31. The molecule has 1 amide bonds. The molecule has 0 spiro atoms. The molecule has 4 nitrogen and oxygen atoms in total. The van der Waals surface area contributed by atoms with Gasteiger partial charge in [-0.2, -0.15) is 0 Å². The van der Waals surface area contributed by atoms with Gasteiger partial charge < -0.3 is 4.74 Å². The Morgan fingerprint density at radius 2 is 2.18 bits per heavy atom. The molecule has 2 rings (SSSR count). The molecule has 5 heteroatoms. The lowest BCUT2D eigenvalue weighted by Gasteiger charge is -2.06. The van der Waals surface area contributed by atoms with Crippen LogP contribution in [-0.4, -0.2) is 18.0 Å². The highest BCUT2D eigenvalue weighted by Gasteiger charge is 2.12. The van der Waals surface area contributed by atoms with Crippen LogP contribution in [0.2, 0.25) is 0 Å². The number of carbonyl (C=O) groups excluding carboxylic acids is 1. The van der Waals surface area contributed by atoms with Gasteiger partial charge in [0, 0.05) is 5.38 Å². The van der Waals surface area contributed by atoms with Gasteiger partial charge in [-0.25, -0.2) is 4.98 Å². The Kier molecular flexibility index (Phi) is 3.39. The van der Waals surface area contributed by atoms with Gasteiger partial charge in [0.15, 0.2) is 5.13 Å². The van der Waals surface area contributed by atoms with E-state index in [0.29, 0.717) is 16.4 Å². The van der Waals surface area contributed by atoms with Crippen molar-refractivity contribution >= 4 is 22.4 Å². The van der Waals surface area contributed by atoms with Crippen LogP contribution in [-0.2, 0) is 0 Å². The number of amides is 1. The van der Waals surface area contributed by atoms with Crippen LogP contribution in [0.1, 0.15) is 16.1 Å². The highest BCUT2D eigenvalue weighted by molar-refractivity contribution is 7.13. The zero-order chi connectivity index (χ0) is 12.3. The summed E-state index contributed by atoms with van der Waals surface area (Å²) in [4.78, 5) is 16.2. The van der Waals surface area contributed by atoms with E-state index < -0.39 is 0 Å². The molecule has 17 heavy (non-hydrogen) atoms. The second-order valence-electron chi connectivity index (χ2n) is 3.45. The molecule has 0 bridgehead atoms. The minimum absolute atomic E-state index is 0.211. The number of thiazole rings is 1. The van der Waals surface area contributed by atoms with E-state index in [4.69, 9.17) is 4.74 Å². The molecule has 0 fully saturated rings. The number of carbonyl (C=O) groups is 1. The number of anilines is 1. The summed E-state index contributed by atoms with van der Waals surface area (Å²) in [6.07, 6.45) is 0. The summed E-state index contributed by atoms with van der Waals surface area (Å²) in [5.74, 6) is 0.343. The van der Waals surface area contributed by atoms with Crippen LogP contribution in [0.25, 0.3) is 0 Å². The third-order valence-electron chi connectivity index (χ3n) is 2.19. The van der Waals surface area contributed by atoms with E-state index in [1.807, 2.05) is 18.4 Å². The van der Waals surface area contributed by atoms with E-state index in [-0.39, 0.29) is 5.91 Å².